The molecule has 1 atom stereocenters. The summed E-state index contributed by atoms with van der Waals surface area (Å²) in [5.41, 5.74) is 0. The minimum absolute atomic E-state index is 0.0651. The van der Waals surface area contributed by atoms with Gasteiger partial charge in [0.15, 0.2) is 6.10 Å². The molecule has 1 unspecified atom stereocenters. The predicted molar refractivity (Wildman–Crippen MR) is 321 cm³/mol. The number of esters is 3. The molecule has 0 aromatic carbocycles. The number of hydrogen-bond donors (Lipinski definition) is 0. The molecule has 0 aromatic rings. The van der Waals surface area contributed by atoms with Crippen molar-refractivity contribution in [2.24, 2.45) is 0 Å². The monoisotopic (exact) mass is 1040 g/mol. The van der Waals surface area contributed by atoms with E-state index in [2.05, 4.69) is 45.1 Å². The van der Waals surface area contributed by atoms with E-state index in [0.29, 0.717) is 19.3 Å². The Kier molecular flexibility index (Phi) is 61.6. The van der Waals surface area contributed by atoms with Crippen LogP contribution in [0.1, 0.15) is 374 Å². The minimum Gasteiger partial charge on any atom is -0.462 e. The van der Waals surface area contributed by atoms with Gasteiger partial charge in [-0.3, -0.25) is 14.4 Å². The van der Waals surface area contributed by atoms with Crippen LogP contribution < -0.4 is 0 Å². The van der Waals surface area contributed by atoms with E-state index in [0.717, 1.165) is 64.2 Å². The van der Waals surface area contributed by atoms with Crippen LogP contribution in [-0.4, -0.2) is 37.2 Å². The van der Waals surface area contributed by atoms with Crippen molar-refractivity contribution in [1.29, 1.82) is 0 Å². The van der Waals surface area contributed by atoms with E-state index < -0.39 is 6.10 Å². The first-order valence-electron chi connectivity index (χ1n) is 33.3. The predicted octanol–water partition coefficient (Wildman–Crippen LogP) is 22.6. The number of allylic oxidation sites excluding steroid dienone is 4. The van der Waals surface area contributed by atoms with Gasteiger partial charge in [-0.1, -0.05) is 328 Å². The largest absolute Gasteiger partial charge is 0.462 e. The average Bonchev–Trinajstić information content (AvgIpc) is 3.40. The fourth-order valence-electron chi connectivity index (χ4n) is 10.2. The second-order valence-corrected chi connectivity index (χ2v) is 22.7. The molecule has 0 bridgehead atoms. The molecule has 74 heavy (non-hydrogen) atoms. The molecule has 0 heterocycles. The van der Waals surface area contributed by atoms with E-state index >= 15 is 0 Å². The van der Waals surface area contributed by atoms with Crippen molar-refractivity contribution in [3.63, 3.8) is 0 Å². The Morgan fingerprint density at radius 2 is 0.486 bits per heavy atom. The zero-order valence-electron chi connectivity index (χ0n) is 50.1. The van der Waals surface area contributed by atoms with Crippen LogP contribution in [0.15, 0.2) is 24.3 Å². The van der Waals surface area contributed by atoms with Crippen molar-refractivity contribution in [1.82, 2.24) is 0 Å². The standard InChI is InChI=1S/C68H128O6/c1-4-7-10-13-16-19-22-25-27-29-31-33-34-35-37-38-40-43-46-49-52-55-58-61-67(70)73-64-65(63-72-66(69)60-57-54-51-48-45-42-24-21-18-15-12-9-6-3)74-68(71)62-59-56-53-50-47-44-41-39-36-32-30-28-26-23-20-17-14-11-8-5-2/h22,25,29,31,65H,4-21,23-24,26-28,30,32-64H2,1-3H3/b25-22-,31-29-. The van der Waals surface area contributed by atoms with Gasteiger partial charge in [-0.15, -0.1) is 0 Å². The lowest BCUT2D eigenvalue weighted by Gasteiger charge is -2.18. The molecule has 6 nitrogen and oxygen atoms in total. The number of carbonyl (C=O) groups is 3. The van der Waals surface area contributed by atoms with Crippen LogP contribution in [0.25, 0.3) is 0 Å². The van der Waals surface area contributed by atoms with E-state index in [-0.39, 0.29) is 31.1 Å². The SMILES string of the molecule is CCCCCCC/C=C\C/C=C\CCCCCCCCCCCCCC(=O)OCC(COC(=O)CCCCCCCCCCCCCCC)OC(=O)CCCCCCCCCCCCCCCCCCCCCC. The summed E-state index contributed by atoms with van der Waals surface area (Å²) in [5, 5.41) is 0. The lowest BCUT2D eigenvalue weighted by Crippen LogP contribution is -2.30. The van der Waals surface area contributed by atoms with Gasteiger partial charge < -0.3 is 14.2 Å². The molecule has 0 aliphatic carbocycles. The Balaban J connectivity index is 4.25. The zero-order valence-corrected chi connectivity index (χ0v) is 50.1. The molecule has 0 spiro atoms. The Hall–Kier alpha value is -2.11. The highest BCUT2D eigenvalue weighted by Crippen LogP contribution is 2.18. The first-order valence-corrected chi connectivity index (χ1v) is 33.3. The molecule has 0 aliphatic heterocycles. The summed E-state index contributed by atoms with van der Waals surface area (Å²) in [4.78, 5) is 38.3. The maximum atomic E-state index is 12.9. The quantitative estimate of drug-likeness (QED) is 0.0261. The van der Waals surface area contributed by atoms with Crippen LogP contribution in [0, 0.1) is 0 Å². The summed E-state index contributed by atoms with van der Waals surface area (Å²) >= 11 is 0. The Morgan fingerprint density at radius 3 is 0.743 bits per heavy atom. The van der Waals surface area contributed by atoms with Crippen molar-refractivity contribution >= 4 is 17.9 Å². The highest BCUT2D eigenvalue weighted by Gasteiger charge is 2.19. The van der Waals surface area contributed by atoms with Crippen LogP contribution in [0.2, 0.25) is 0 Å². The van der Waals surface area contributed by atoms with Gasteiger partial charge in [0, 0.05) is 19.3 Å². The molecule has 0 rings (SSSR count). The van der Waals surface area contributed by atoms with E-state index in [1.54, 1.807) is 0 Å². The smallest absolute Gasteiger partial charge is 0.306 e. The molecule has 6 heteroatoms. The molecule has 436 valence electrons. The van der Waals surface area contributed by atoms with Crippen LogP contribution >= 0.6 is 0 Å². The molecular formula is C68H128O6. The second-order valence-electron chi connectivity index (χ2n) is 22.7. The van der Waals surface area contributed by atoms with E-state index in [4.69, 9.17) is 14.2 Å². The van der Waals surface area contributed by atoms with Crippen molar-refractivity contribution in [3.05, 3.63) is 24.3 Å². The summed E-state index contributed by atoms with van der Waals surface area (Å²) in [5.74, 6) is -0.837. The Morgan fingerprint density at radius 1 is 0.270 bits per heavy atom. The molecule has 0 N–H and O–H groups in total. The van der Waals surface area contributed by atoms with Gasteiger partial charge in [0.25, 0.3) is 0 Å². The number of rotatable bonds is 62. The van der Waals surface area contributed by atoms with Crippen molar-refractivity contribution < 1.29 is 28.6 Å². The van der Waals surface area contributed by atoms with Gasteiger partial charge in [-0.2, -0.15) is 0 Å². The molecule has 0 radical (unpaired) electrons. The van der Waals surface area contributed by atoms with Gasteiger partial charge in [-0.25, -0.2) is 0 Å². The van der Waals surface area contributed by atoms with Crippen molar-refractivity contribution in [2.75, 3.05) is 13.2 Å². The Labute approximate surface area is 462 Å². The molecule has 0 amide bonds. The second kappa shape index (κ2) is 63.4. The third kappa shape index (κ3) is 60.8. The lowest BCUT2D eigenvalue weighted by atomic mass is 10.0. The first-order chi connectivity index (χ1) is 36.5. The number of unbranched alkanes of at least 4 members (excludes halogenated alkanes) is 47. The number of ether oxygens (including phenoxy) is 3. The average molecular weight is 1040 g/mol. The molecule has 0 aromatic heterocycles. The maximum Gasteiger partial charge on any atom is 0.306 e. The number of carbonyl (C=O) groups excluding carboxylic acids is 3. The molecular weight excluding hydrogens is 913 g/mol. The molecule has 0 fully saturated rings. The fraction of sp³-hybridized carbons (Fsp3) is 0.897. The van der Waals surface area contributed by atoms with Crippen LogP contribution in [0.5, 0.6) is 0 Å². The van der Waals surface area contributed by atoms with E-state index in [9.17, 15) is 14.4 Å². The van der Waals surface area contributed by atoms with Gasteiger partial charge in [0.05, 0.1) is 0 Å². The highest BCUT2D eigenvalue weighted by molar-refractivity contribution is 5.71. The van der Waals surface area contributed by atoms with Gasteiger partial charge in [0.2, 0.25) is 0 Å². The van der Waals surface area contributed by atoms with Crippen LogP contribution in [0.4, 0.5) is 0 Å². The fourth-order valence-corrected chi connectivity index (χ4v) is 10.2. The zero-order chi connectivity index (χ0) is 53.6. The third-order valence-corrected chi connectivity index (χ3v) is 15.2. The number of hydrogen-bond acceptors (Lipinski definition) is 6. The third-order valence-electron chi connectivity index (χ3n) is 15.2. The van der Waals surface area contributed by atoms with Crippen molar-refractivity contribution in [3.8, 4) is 0 Å². The normalized spacial score (nSPS) is 12.1. The van der Waals surface area contributed by atoms with Crippen LogP contribution in [-0.2, 0) is 28.6 Å². The summed E-state index contributed by atoms with van der Waals surface area (Å²) in [6, 6.07) is 0. The summed E-state index contributed by atoms with van der Waals surface area (Å²) in [6.07, 6.45) is 76.2. The topological polar surface area (TPSA) is 78.9 Å². The summed E-state index contributed by atoms with van der Waals surface area (Å²) < 4.78 is 17.0. The lowest BCUT2D eigenvalue weighted by molar-refractivity contribution is -0.167. The molecule has 0 aliphatic rings. The highest BCUT2D eigenvalue weighted by atomic mass is 16.6. The summed E-state index contributed by atoms with van der Waals surface area (Å²) in [6.45, 7) is 6.70. The Bertz CT molecular complexity index is 1190. The van der Waals surface area contributed by atoms with E-state index in [1.165, 1.54) is 270 Å². The molecule has 0 saturated heterocycles. The van der Waals surface area contributed by atoms with Crippen molar-refractivity contribution in [2.45, 2.75) is 380 Å². The van der Waals surface area contributed by atoms with Gasteiger partial charge in [-0.05, 0) is 51.4 Å². The van der Waals surface area contributed by atoms with Crippen LogP contribution in [0.3, 0.4) is 0 Å². The molecule has 0 saturated carbocycles. The summed E-state index contributed by atoms with van der Waals surface area (Å²) in [7, 11) is 0. The maximum absolute atomic E-state index is 12.9. The van der Waals surface area contributed by atoms with E-state index in [1.807, 2.05) is 0 Å². The minimum atomic E-state index is -0.768. The van der Waals surface area contributed by atoms with Gasteiger partial charge in [0.1, 0.15) is 13.2 Å². The van der Waals surface area contributed by atoms with Gasteiger partial charge >= 0.3 is 17.9 Å². The first kappa shape index (κ1) is 71.9.